The molecule has 0 saturated carbocycles. The monoisotopic (exact) mass is 258 g/mol. The Hall–Kier alpha value is -0.910. The summed E-state index contributed by atoms with van der Waals surface area (Å²) in [6.07, 6.45) is 1.40. The van der Waals surface area contributed by atoms with Gasteiger partial charge in [0, 0.05) is 18.7 Å². The SMILES string of the molecule is Cc1c(Cl)ncnc1NCC(C)(O)CN(C)C. The Morgan fingerprint density at radius 1 is 1.47 bits per heavy atom. The number of hydrogen-bond donors (Lipinski definition) is 2. The zero-order chi connectivity index (χ0) is 13.1. The molecule has 0 spiro atoms. The second-order valence-electron chi connectivity index (χ2n) is 4.73. The molecule has 1 unspecified atom stereocenters. The van der Waals surface area contributed by atoms with Crippen LogP contribution in [-0.4, -0.2) is 52.8 Å². The molecule has 0 fully saturated rings. The van der Waals surface area contributed by atoms with E-state index in [9.17, 15) is 5.11 Å². The number of hydrogen-bond acceptors (Lipinski definition) is 5. The quantitative estimate of drug-likeness (QED) is 0.777. The zero-order valence-corrected chi connectivity index (χ0v) is 11.4. The van der Waals surface area contributed by atoms with Crippen LogP contribution in [-0.2, 0) is 0 Å². The number of nitrogens with one attached hydrogen (secondary N) is 1. The van der Waals surface area contributed by atoms with Crippen molar-refractivity contribution in [2.45, 2.75) is 19.4 Å². The number of likely N-dealkylation sites (N-methyl/N-ethyl adjacent to an activating group) is 1. The van der Waals surface area contributed by atoms with Gasteiger partial charge in [0.1, 0.15) is 17.3 Å². The standard InChI is InChI=1S/C11H19ClN4O/c1-8-9(12)14-7-15-10(8)13-5-11(2,17)6-16(3)4/h7,17H,5-6H2,1-4H3,(H,13,14,15). The first-order valence-corrected chi connectivity index (χ1v) is 5.78. The lowest BCUT2D eigenvalue weighted by Gasteiger charge is -2.27. The smallest absolute Gasteiger partial charge is 0.137 e. The molecule has 2 N–H and O–H groups in total. The lowest BCUT2D eigenvalue weighted by atomic mass is 10.1. The van der Waals surface area contributed by atoms with Crippen LogP contribution in [0.3, 0.4) is 0 Å². The number of aromatic nitrogens is 2. The maximum absolute atomic E-state index is 10.1. The van der Waals surface area contributed by atoms with Crippen LogP contribution in [0.4, 0.5) is 5.82 Å². The molecule has 0 aliphatic heterocycles. The molecule has 6 heteroatoms. The Labute approximate surface area is 107 Å². The molecule has 0 aromatic carbocycles. The molecule has 1 rings (SSSR count). The third kappa shape index (κ3) is 4.46. The third-order valence-corrected chi connectivity index (χ3v) is 2.70. The van der Waals surface area contributed by atoms with Gasteiger partial charge in [-0.25, -0.2) is 9.97 Å². The summed E-state index contributed by atoms with van der Waals surface area (Å²) < 4.78 is 0. The van der Waals surface area contributed by atoms with Gasteiger partial charge in [-0.05, 0) is 27.9 Å². The van der Waals surface area contributed by atoms with Crippen LogP contribution >= 0.6 is 11.6 Å². The number of nitrogens with zero attached hydrogens (tertiary/aromatic N) is 3. The summed E-state index contributed by atoms with van der Waals surface area (Å²) in [4.78, 5) is 9.90. The Kier molecular flexibility index (Phi) is 4.68. The van der Waals surface area contributed by atoms with Gasteiger partial charge in [-0.15, -0.1) is 0 Å². The van der Waals surface area contributed by atoms with Gasteiger partial charge in [0.25, 0.3) is 0 Å². The topological polar surface area (TPSA) is 61.3 Å². The number of aliphatic hydroxyl groups is 1. The number of anilines is 1. The van der Waals surface area contributed by atoms with E-state index in [-0.39, 0.29) is 0 Å². The van der Waals surface area contributed by atoms with Gasteiger partial charge in [-0.2, -0.15) is 0 Å². The van der Waals surface area contributed by atoms with Gasteiger partial charge in [-0.1, -0.05) is 11.6 Å². The average molecular weight is 259 g/mol. The lowest BCUT2D eigenvalue weighted by molar-refractivity contribution is 0.0459. The summed E-state index contributed by atoms with van der Waals surface area (Å²) in [5.41, 5.74) is -0.0392. The summed E-state index contributed by atoms with van der Waals surface area (Å²) in [6.45, 7) is 4.58. The van der Waals surface area contributed by atoms with Crippen molar-refractivity contribution in [2.75, 3.05) is 32.5 Å². The van der Waals surface area contributed by atoms with Crippen molar-refractivity contribution in [3.05, 3.63) is 17.0 Å². The molecule has 17 heavy (non-hydrogen) atoms. The second kappa shape index (κ2) is 5.62. The van der Waals surface area contributed by atoms with Crippen molar-refractivity contribution in [3.63, 3.8) is 0 Å². The summed E-state index contributed by atoms with van der Waals surface area (Å²) in [6, 6.07) is 0. The second-order valence-corrected chi connectivity index (χ2v) is 5.08. The van der Waals surface area contributed by atoms with Crippen molar-refractivity contribution in [3.8, 4) is 0 Å². The van der Waals surface area contributed by atoms with Crippen molar-refractivity contribution < 1.29 is 5.11 Å². The number of rotatable bonds is 5. The molecule has 1 heterocycles. The maximum atomic E-state index is 10.1. The van der Waals surface area contributed by atoms with E-state index in [0.29, 0.717) is 24.1 Å². The fourth-order valence-electron chi connectivity index (χ4n) is 1.62. The predicted molar refractivity (Wildman–Crippen MR) is 69.4 cm³/mol. The lowest BCUT2D eigenvalue weighted by Crippen LogP contribution is -2.43. The van der Waals surface area contributed by atoms with E-state index in [1.807, 2.05) is 25.9 Å². The first kappa shape index (κ1) is 14.2. The fraction of sp³-hybridized carbons (Fsp3) is 0.636. The normalized spacial score (nSPS) is 14.8. The minimum absolute atomic E-state index is 0.402. The van der Waals surface area contributed by atoms with E-state index < -0.39 is 5.60 Å². The molecule has 0 aliphatic rings. The van der Waals surface area contributed by atoms with Crippen molar-refractivity contribution in [2.24, 2.45) is 0 Å². The highest BCUT2D eigenvalue weighted by atomic mass is 35.5. The van der Waals surface area contributed by atoms with Gasteiger partial charge in [-0.3, -0.25) is 0 Å². The van der Waals surface area contributed by atoms with Crippen LogP contribution in [0.25, 0.3) is 0 Å². The molecule has 5 nitrogen and oxygen atoms in total. The largest absolute Gasteiger partial charge is 0.387 e. The molecule has 96 valence electrons. The van der Waals surface area contributed by atoms with E-state index in [1.165, 1.54) is 6.33 Å². The van der Waals surface area contributed by atoms with Crippen LogP contribution in [0.2, 0.25) is 5.15 Å². The molecular weight excluding hydrogens is 240 g/mol. The highest BCUT2D eigenvalue weighted by molar-refractivity contribution is 6.30. The Morgan fingerprint density at radius 2 is 2.12 bits per heavy atom. The van der Waals surface area contributed by atoms with Crippen molar-refractivity contribution in [1.29, 1.82) is 0 Å². The van der Waals surface area contributed by atoms with Gasteiger partial charge < -0.3 is 15.3 Å². The molecular formula is C11H19ClN4O. The number of halogens is 1. The molecule has 0 aliphatic carbocycles. The van der Waals surface area contributed by atoms with E-state index in [1.54, 1.807) is 6.92 Å². The first-order valence-electron chi connectivity index (χ1n) is 5.40. The van der Waals surface area contributed by atoms with Crippen molar-refractivity contribution in [1.82, 2.24) is 14.9 Å². The van der Waals surface area contributed by atoms with E-state index >= 15 is 0 Å². The van der Waals surface area contributed by atoms with Crippen LogP contribution < -0.4 is 5.32 Å². The van der Waals surface area contributed by atoms with Crippen LogP contribution in [0.5, 0.6) is 0 Å². The minimum atomic E-state index is -0.826. The summed E-state index contributed by atoms with van der Waals surface area (Å²) in [7, 11) is 3.84. The van der Waals surface area contributed by atoms with Crippen LogP contribution in [0, 0.1) is 6.92 Å². The molecule has 1 aromatic heterocycles. The van der Waals surface area contributed by atoms with E-state index in [4.69, 9.17) is 11.6 Å². The highest BCUT2D eigenvalue weighted by Gasteiger charge is 2.21. The molecule has 1 atom stereocenters. The summed E-state index contributed by atoms with van der Waals surface area (Å²) >= 11 is 5.89. The fourth-order valence-corrected chi connectivity index (χ4v) is 1.75. The average Bonchev–Trinajstić information content (AvgIpc) is 2.18. The van der Waals surface area contributed by atoms with Crippen LogP contribution in [0.1, 0.15) is 12.5 Å². The van der Waals surface area contributed by atoms with Crippen LogP contribution in [0.15, 0.2) is 6.33 Å². The highest BCUT2D eigenvalue weighted by Crippen LogP contribution is 2.18. The van der Waals surface area contributed by atoms with Gasteiger partial charge in [0.15, 0.2) is 0 Å². The van der Waals surface area contributed by atoms with E-state index in [2.05, 4.69) is 15.3 Å². The Balaban J connectivity index is 2.64. The van der Waals surface area contributed by atoms with Gasteiger partial charge in [0.2, 0.25) is 0 Å². The molecule has 0 radical (unpaired) electrons. The molecule has 0 amide bonds. The van der Waals surface area contributed by atoms with Crippen molar-refractivity contribution >= 4 is 17.4 Å². The third-order valence-electron chi connectivity index (χ3n) is 2.32. The Bertz CT molecular complexity index is 382. The molecule has 1 aromatic rings. The summed E-state index contributed by atoms with van der Waals surface area (Å²) in [5, 5.41) is 13.6. The first-order chi connectivity index (χ1) is 7.82. The predicted octanol–water partition coefficient (Wildman–Crippen LogP) is 1.16. The Morgan fingerprint density at radius 3 is 2.71 bits per heavy atom. The summed E-state index contributed by atoms with van der Waals surface area (Å²) in [5.74, 6) is 0.657. The van der Waals surface area contributed by atoms with E-state index in [0.717, 1.165) is 5.56 Å². The maximum Gasteiger partial charge on any atom is 0.137 e. The minimum Gasteiger partial charge on any atom is -0.387 e. The van der Waals surface area contributed by atoms with Gasteiger partial charge in [0.05, 0.1) is 5.60 Å². The molecule has 0 bridgehead atoms. The molecule has 0 saturated heterocycles. The van der Waals surface area contributed by atoms with Gasteiger partial charge >= 0.3 is 0 Å². The zero-order valence-electron chi connectivity index (χ0n) is 10.7.